The molecule has 9 nitrogen and oxygen atoms in total. The number of carbonyl (C=O) groups is 3. The quantitative estimate of drug-likeness (QED) is 0.300. The Morgan fingerprint density at radius 1 is 0.923 bits per heavy atom. The summed E-state index contributed by atoms with van der Waals surface area (Å²) in [7, 11) is 4.45. The van der Waals surface area contributed by atoms with E-state index in [0.29, 0.717) is 46.5 Å². The first kappa shape index (κ1) is 27.6. The average Bonchev–Trinajstić information content (AvgIpc) is 3.19. The van der Waals surface area contributed by atoms with Crippen LogP contribution in [0, 0.1) is 0 Å². The van der Waals surface area contributed by atoms with Gasteiger partial charge in [-0.15, -0.1) is 0 Å². The summed E-state index contributed by atoms with van der Waals surface area (Å²) in [5, 5.41) is 3.14. The Kier molecular flexibility index (Phi) is 8.77. The van der Waals surface area contributed by atoms with Gasteiger partial charge in [-0.25, -0.2) is 4.79 Å². The average molecular weight is 548 g/mol. The second-order valence-electron chi connectivity index (χ2n) is 8.76. The van der Waals surface area contributed by atoms with Crippen molar-refractivity contribution in [1.29, 1.82) is 0 Å². The molecule has 1 saturated heterocycles. The standard InChI is InChI=1S/C29H29N3O6S/c1-36-24-14-9-19(17-25(24)37-2)15-16-31-23(27(34)32(29(31)39)22-7-5-4-6-8-22)18-26(33)30-21-12-10-20(11-13-21)28(35)38-3/h4-14,17,23H,15-16,18H2,1-3H3,(H,30,33). The van der Waals surface area contributed by atoms with Crippen LogP contribution >= 0.6 is 12.2 Å². The number of esters is 1. The van der Waals surface area contributed by atoms with E-state index in [-0.39, 0.29) is 18.2 Å². The Balaban J connectivity index is 1.53. The molecule has 0 radical (unpaired) electrons. The number of anilines is 2. The zero-order chi connectivity index (χ0) is 27.9. The van der Waals surface area contributed by atoms with Crippen molar-refractivity contribution in [3.8, 4) is 11.5 Å². The van der Waals surface area contributed by atoms with Crippen LogP contribution in [-0.4, -0.2) is 61.7 Å². The van der Waals surface area contributed by atoms with Gasteiger partial charge in [0.1, 0.15) is 6.04 Å². The predicted molar refractivity (Wildman–Crippen MR) is 151 cm³/mol. The third-order valence-electron chi connectivity index (χ3n) is 6.39. The van der Waals surface area contributed by atoms with Crippen LogP contribution in [0.1, 0.15) is 22.3 Å². The van der Waals surface area contributed by atoms with Gasteiger partial charge < -0.3 is 24.4 Å². The molecule has 1 fully saturated rings. The molecule has 1 unspecified atom stereocenters. The Morgan fingerprint density at radius 3 is 2.26 bits per heavy atom. The number of amides is 2. The second kappa shape index (κ2) is 12.4. The highest BCUT2D eigenvalue weighted by molar-refractivity contribution is 7.80. The van der Waals surface area contributed by atoms with Crippen molar-refractivity contribution >= 4 is 46.5 Å². The van der Waals surface area contributed by atoms with E-state index in [2.05, 4.69) is 5.32 Å². The fourth-order valence-electron chi connectivity index (χ4n) is 4.38. The highest BCUT2D eigenvalue weighted by atomic mass is 32.1. The summed E-state index contributed by atoms with van der Waals surface area (Å²) >= 11 is 5.75. The lowest BCUT2D eigenvalue weighted by molar-refractivity contribution is -0.124. The lowest BCUT2D eigenvalue weighted by Crippen LogP contribution is -2.39. The van der Waals surface area contributed by atoms with Gasteiger partial charge in [0, 0.05) is 12.2 Å². The number of benzene rings is 3. The number of hydrogen-bond donors (Lipinski definition) is 1. The number of nitrogens with one attached hydrogen (secondary N) is 1. The number of thiocarbonyl (C=S) groups is 1. The van der Waals surface area contributed by atoms with E-state index in [1.807, 2.05) is 48.5 Å². The molecule has 10 heteroatoms. The van der Waals surface area contributed by atoms with Gasteiger partial charge in [0.25, 0.3) is 5.91 Å². The normalized spacial score (nSPS) is 14.8. The van der Waals surface area contributed by atoms with Gasteiger partial charge >= 0.3 is 5.97 Å². The molecule has 3 aromatic rings. The van der Waals surface area contributed by atoms with Crippen molar-refractivity contribution < 1.29 is 28.6 Å². The Labute approximate surface area is 232 Å². The van der Waals surface area contributed by atoms with E-state index in [4.69, 9.17) is 26.4 Å². The van der Waals surface area contributed by atoms with Gasteiger partial charge in [-0.1, -0.05) is 24.3 Å². The minimum Gasteiger partial charge on any atom is -0.493 e. The van der Waals surface area contributed by atoms with Crippen LogP contribution in [0.3, 0.4) is 0 Å². The summed E-state index contributed by atoms with van der Waals surface area (Å²) in [6.07, 6.45) is 0.455. The Morgan fingerprint density at radius 2 is 1.62 bits per heavy atom. The molecule has 1 heterocycles. The van der Waals surface area contributed by atoms with E-state index in [1.165, 1.54) is 12.0 Å². The molecular weight excluding hydrogens is 518 g/mol. The van der Waals surface area contributed by atoms with Crippen LogP contribution < -0.4 is 19.7 Å². The molecule has 1 aliphatic rings. The predicted octanol–water partition coefficient (Wildman–Crippen LogP) is 4.06. The number of methoxy groups -OCH3 is 3. The summed E-state index contributed by atoms with van der Waals surface area (Å²) in [5.74, 6) is 0.138. The minimum absolute atomic E-state index is 0.104. The Bertz CT molecular complexity index is 1360. The summed E-state index contributed by atoms with van der Waals surface area (Å²) in [5.41, 5.74) is 2.48. The molecule has 1 N–H and O–H groups in total. The molecule has 1 aliphatic heterocycles. The number of nitrogens with zero attached hydrogens (tertiary/aromatic N) is 2. The summed E-state index contributed by atoms with van der Waals surface area (Å²) < 4.78 is 15.4. The molecule has 0 saturated carbocycles. The zero-order valence-electron chi connectivity index (χ0n) is 21.9. The first-order valence-electron chi connectivity index (χ1n) is 12.2. The van der Waals surface area contributed by atoms with Crippen LogP contribution in [0.4, 0.5) is 11.4 Å². The van der Waals surface area contributed by atoms with E-state index in [9.17, 15) is 14.4 Å². The maximum atomic E-state index is 13.6. The number of rotatable bonds is 10. The third kappa shape index (κ3) is 6.18. The lowest BCUT2D eigenvalue weighted by Gasteiger charge is -2.24. The van der Waals surface area contributed by atoms with Gasteiger partial charge in [-0.3, -0.25) is 14.5 Å². The Hall–Kier alpha value is -4.44. The van der Waals surface area contributed by atoms with Crippen LogP contribution in [-0.2, 0) is 20.7 Å². The fourth-order valence-corrected chi connectivity index (χ4v) is 4.80. The van der Waals surface area contributed by atoms with Gasteiger partial charge in [0.2, 0.25) is 5.91 Å². The number of para-hydroxylation sites is 1. The van der Waals surface area contributed by atoms with Crippen molar-refractivity contribution in [3.05, 3.63) is 83.9 Å². The van der Waals surface area contributed by atoms with Gasteiger partial charge in [0.15, 0.2) is 16.6 Å². The topological polar surface area (TPSA) is 97.4 Å². The molecule has 2 amide bonds. The van der Waals surface area contributed by atoms with Crippen LogP contribution in [0.5, 0.6) is 11.5 Å². The van der Waals surface area contributed by atoms with Gasteiger partial charge in [0.05, 0.1) is 39.0 Å². The van der Waals surface area contributed by atoms with Gasteiger partial charge in [-0.2, -0.15) is 0 Å². The first-order chi connectivity index (χ1) is 18.9. The van der Waals surface area contributed by atoms with Crippen LogP contribution in [0.15, 0.2) is 72.8 Å². The van der Waals surface area contributed by atoms with E-state index < -0.39 is 12.0 Å². The molecule has 0 spiro atoms. The largest absolute Gasteiger partial charge is 0.493 e. The molecule has 0 bridgehead atoms. The summed E-state index contributed by atoms with van der Waals surface area (Å²) in [4.78, 5) is 41.6. The van der Waals surface area contributed by atoms with Crippen molar-refractivity contribution in [3.63, 3.8) is 0 Å². The monoisotopic (exact) mass is 547 g/mol. The lowest BCUT2D eigenvalue weighted by atomic mass is 10.1. The SMILES string of the molecule is COC(=O)c1ccc(NC(=O)CC2C(=O)N(c3ccccc3)C(=S)N2CCc2ccc(OC)c(OC)c2)cc1. The molecule has 202 valence electrons. The smallest absolute Gasteiger partial charge is 0.337 e. The van der Waals surface area contributed by atoms with E-state index >= 15 is 0 Å². The molecule has 0 aromatic heterocycles. The summed E-state index contributed by atoms with van der Waals surface area (Å²) in [6, 6.07) is 20.3. The van der Waals surface area contributed by atoms with Crippen molar-refractivity contribution in [2.45, 2.75) is 18.9 Å². The third-order valence-corrected chi connectivity index (χ3v) is 6.81. The maximum Gasteiger partial charge on any atom is 0.337 e. The first-order valence-corrected chi connectivity index (χ1v) is 12.7. The van der Waals surface area contributed by atoms with Gasteiger partial charge in [-0.05, 0) is 72.7 Å². The highest BCUT2D eigenvalue weighted by Gasteiger charge is 2.43. The number of carbonyl (C=O) groups excluding carboxylic acids is 3. The number of hydrogen-bond acceptors (Lipinski definition) is 7. The highest BCUT2D eigenvalue weighted by Crippen LogP contribution is 2.30. The minimum atomic E-state index is -0.785. The van der Waals surface area contributed by atoms with E-state index in [0.717, 1.165) is 5.56 Å². The molecule has 39 heavy (non-hydrogen) atoms. The van der Waals surface area contributed by atoms with Crippen molar-refractivity contribution in [1.82, 2.24) is 4.90 Å². The molecule has 3 aromatic carbocycles. The maximum absolute atomic E-state index is 13.6. The van der Waals surface area contributed by atoms with Crippen LogP contribution in [0.2, 0.25) is 0 Å². The van der Waals surface area contributed by atoms with Crippen LogP contribution in [0.25, 0.3) is 0 Å². The van der Waals surface area contributed by atoms with Crippen molar-refractivity contribution in [2.75, 3.05) is 38.1 Å². The zero-order valence-corrected chi connectivity index (χ0v) is 22.7. The second-order valence-corrected chi connectivity index (χ2v) is 9.13. The molecular formula is C29H29N3O6S. The number of ether oxygens (including phenoxy) is 3. The fraction of sp³-hybridized carbons (Fsp3) is 0.241. The molecule has 4 rings (SSSR count). The molecule has 0 aliphatic carbocycles. The molecule has 1 atom stereocenters. The van der Waals surface area contributed by atoms with E-state index in [1.54, 1.807) is 43.4 Å². The van der Waals surface area contributed by atoms with Crippen molar-refractivity contribution in [2.24, 2.45) is 0 Å². The summed E-state index contributed by atoms with van der Waals surface area (Å²) in [6.45, 7) is 0.412.